The largest absolute Gasteiger partial charge is 0.498 e. The van der Waals surface area contributed by atoms with Crippen LogP contribution in [0, 0.1) is 0 Å². The highest BCUT2D eigenvalue weighted by Gasteiger charge is 2.52. The Labute approximate surface area is 155 Å². The molecule has 3 heterocycles. The quantitative estimate of drug-likeness (QED) is 0.790. The van der Waals surface area contributed by atoms with E-state index in [2.05, 4.69) is 43.8 Å². The molecule has 2 aromatic heterocycles. The lowest BCUT2D eigenvalue weighted by atomic mass is 9.82. The highest BCUT2D eigenvalue weighted by Crippen LogP contribution is 2.36. The van der Waals surface area contributed by atoms with Gasteiger partial charge < -0.3 is 9.31 Å². The maximum absolute atomic E-state index is 6.09. The first kappa shape index (κ1) is 17.7. The van der Waals surface area contributed by atoms with E-state index in [4.69, 9.17) is 14.3 Å². The molecule has 0 radical (unpaired) electrons. The molecule has 2 aliphatic rings. The fraction of sp³-hybridized carbons (Fsp3) is 0.632. The zero-order chi connectivity index (χ0) is 18.4. The molecule has 26 heavy (non-hydrogen) atoms. The number of nitrogens with zero attached hydrogens (tertiary/aromatic N) is 4. The molecule has 0 atom stereocenters. The maximum Gasteiger partial charge on any atom is 0.498 e. The third-order valence-corrected chi connectivity index (χ3v) is 5.98. The summed E-state index contributed by atoms with van der Waals surface area (Å²) in [6.07, 6.45) is 10.7. The molecular formula is C19H27BN4O2. The molecule has 6 nitrogen and oxygen atoms in total. The van der Waals surface area contributed by atoms with Crippen LogP contribution in [0.3, 0.4) is 0 Å². The van der Waals surface area contributed by atoms with Gasteiger partial charge in [0.1, 0.15) is 12.4 Å². The molecule has 138 valence electrons. The number of aromatic nitrogens is 4. The van der Waals surface area contributed by atoms with Crippen molar-refractivity contribution in [1.29, 1.82) is 0 Å². The first-order valence-electron chi connectivity index (χ1n) is 9.54. The standard InChI is InChI=1S/C19H27BN4O2/c1-18(2)19(3,4)26-20(25-18)15-11-22-24(12-15)13-17-21-10-9-16(23-17)14-7-5-6-8-14/h9-12,14H,5-8,13H2,1-4H3. The summed E-state index contributed by atoms with van der Waals surface area (Å²) in [5.41, 5.74) is 1.40. The van der Waals surface area contributed by atoms with Gasteiger partial charge in [0, 0.05) is 35.7 Å². The third-order valence-electron chi connectivity index (χ3n) is 5.98. The number of hydrogen-bond acceptors (Lipinski definition) is 5. The summed E-state index contributed by atoms with van der Waals surface area (Å²) in [7, 11) is -0.389. The molecule has 2 aromatic rings. The molecule has 4 rings (SSSR count). The smallest absolute Gasteiger partial charge is 0.399 e. The van der Waals surface area contributed by atoms with E-state index in [1.165, 1.54) is 31.4 Å². The minimum Gasteiger partial charge on any atom is -0.399 e. The molecule has 0 unspecified atom stereocenters. The Morgan fingerprint density at radius 2 is 1.85 bits per heavy atom. The summed E-state index contributed by atoms with van der Waals surface area (Å²) in [5.74, 6) is 1.40. The minimum absolute atomic E-state index is 0.349. The fourth-order valence-corrected chi connectivity index (χ4v) is 3.65. The summed E-state index contributed by atoms with van der Waals surface area (Å²) in [6, 6.07) is 2.05. The molecule has 0 spiro atoms. The Morgan fingerprint density at radius 1 is 1.15 bits per heavy atom. The van der Waals surface area contributed by atoms with Crippen molar-refractivity contribution in [3.8, 4) is 0 Å². The van der Waals surface area contributed by atoms with Gasteiger partial charge in [-0.1, -0.05) is 12.8 Å². The van der Waals surface area contributed by atoms with Crippen LogP contribution in [0.2, 0.25) is 0 Å². The molecule has 2 fully saturated rings. The molecule has 0 aromatic carbocycles. The summed E-state index contributed by atoms with van der Waals surface area (Å²) in [5, 5.41) is 4.46. The molecular weight excluding hydrogens is 327 g/mol. The van der Waals surface area contributed by atoms with Crippen LogP contribution in [0.4, 0.5) is 0 Å². The third kappa shape index (κ3) is 3.30. The van der Waals surface area contributed by atoms with Gasteiger partial charge in [-0.15, -0.1) is 0 Å². The second-order valence-electron chi connectivity index (χ2n) is 8.44. The zero-order valence-corrected chi connectivity index (χ0v) is 16.1. The first-order valence-corrected chi connectivity index (χ1v) is 9.54. The lowest BCUT2D eigenvalue weighted by molar-refractivity contribution is 0.00578. The molecule has 7 heteroatoms. The van der Waals surface area contributed by atoms with Gasteiger partial charge in [-0.05, 0) is 46.6 Å². The van der Waals surface area contributed by atoms with Crippen molar-refractivity contribution in [3.63, 3.8) is 0 Å². The van der Waals surface area contributed by atoms with Gasteiger partial charge >= 0.3 is 7.12 Å². The Kier molecular flexibility index (Phi) is 4.39. The van der Waals surface area contributed by atoms with Crippen LogP contribution in [-0.2, 0) is 15.9 Å². The van der Waals surface area contributed by atoms with Crippen molar-refractivity contribution in [2.24, 2.45) is 0 Å². The van der Waals surface area contributed by atoms with Crippen LogP contribution >= 0.6 is 0 Å². The predicted octanol–water partition coefficient (Wildman–Crippen LogP) is 2.68. The Hall–Kier alpha value is -1.73. The topological polar surface area (TPSA) is 62.1 Å². The van der Waals surface area contributed by atoms with Crippen molar-refractivity contribution < 1.29 is 9.31 Å². The van der Waals surface area contributed by atoms with Crippen LogP contribution in [0.1, 0.15) is 70.8 Å². The van der Waals surface area contributed by atoms with Crippen LogP contribution in [0.15, 0.2) is 24.7 Å². The van der Waals surface area contributed by atoms with Gasteiger partial charge in [0.2, 0.25) is 0 Å². The molecule has 1 saturated heterocycles. The Morgan fingerprint density at radius 3 is 2.54 bits per heavy atom. The molecule has 1 saturated carbocycles. The van der Waals surface area contributed by atoms with Crippen molar-refractivity contribution in [2.45, 2.75) is 77.0 Å². The maximum atomic E-state index is 6.09. The Balaban J connectivity index is 1.47. The predicted molar refractivity (Wildman–Crippen MR) is 100 cm³/mol. The summed E-state index contributed by atoms with van der Waals surface area (Å²) >= 11 is 0. The van der Waals surface area contributed by atoms with E-state index in [9.17, 15) is 0 Å². The van der Waals surface area contributed by atoms with E-state index in [1.54, 1.807) is 0 Å². The van der Waals surface area contributed by atoms with E-state index in [-0.39, 0.29) is 18.3 Å². The SMILES string of the molecule is CC1(C)OB(c2cnn(Cc3nccc(C4CCCC4)n3)c2)OC1(C)C. The average molecular weight is 354 g/mol. The van der Waals surface area contributed by atoms with Crippen LogP contribution in [-0.4, -0.2) is 38.1 Å². The first-order chi connectivity index (χ1) is 12.3. The van der Waals surface area contributed by atoms with Crippen LogP contribution < -0.4 is 5.46 Å². The van der Waals surface area contributed by atoms with Crippen molar-refractivity contribution in [3.05, 3.63) is 36.2 Å². The molecule has 0 amide bonds. The van der Waals surface area contributed by atoms with Crippen molar-refractivity contribution in [2.75, 3.05) is 0 Å². The lowest BCUT2D eigenvalue weighted by Gasteiger charge is -2.32. The second kappa shape index (κ2) is 6.46. The highest BCUT2D eigenvalue weighted by atomic mass is 16.7. The monoisotopic (exact) mass is 354 g/mol. The van der Waals surface area contributed by atoms with Crippen LogP contribution in [0.5, 0.6) is 0 Å². The van der Waals surface area contributed by atoms with E-state index in [0.717, 1.165) is 11.3 Å². The second-order valence-corrected chi connectivity index (χ2v) is 8.44. The van der Waals surface area contributed by atoms with Gasteiger partial charge in [-0.2, -0.15) is 5.10 Å². The Bertz CT molecular complexity index is 767. The van der Waals surface area contributed by atoms with E-state index < -0.39 is 0 Å². The van der Waals surface area contributed by atoms with E-state index in [1.807, 2.05) is 23.3 Å². The van der Waals surface area contributed by atoms with E-state index >= 15 is 0 Å². The highest BCUT2D eigenvalue weighted by molar-refractivity contribution is 6.61. The van der Waals surface area contributed by atoms with Gasteiger partial charge in [0.05, 0.1) is 11.2 Å². The van der Waals surface area contributed by atoms with Crippen LogP contribution in [0.25, 0.3) is 0 Å². The van der Waals surface area contributed by atoms with Gasteiger partial charge in [-0.25, -0.2) is 9.97 Å². The van der Waals surface area contributed by atoms with E-state index in [0.29, 0.717) is 12.5 Å². The lowest BCUT2D eigenvalue weighted by Crippen LogP contribution is -2.41. The zero-order valence-electron chi connectivity index (χ0n) is 16.1. The minimum atomic E-state index is -0.389. The summed E-state index contributed by atoms with van der Waals surface area (Å²) < 4.78 is 14.0. The molecule has 1 aliphatic carbocycles. The number of hydrogen-bond donors (Lipinski definition) is 0. The molecule has 0 N–H and O–H groups in total. The summed E-state index contributed by atoms with van der Waals surface area (Å²) in [4.78, 5) is 9.19. The summed E-state index contributed by atoms with van der Waals surface area (Å²) in [6.45, 7) is 8.78. The van der Waals surface area contributed by atoms with Gasteiger partial charge in [-0.3, -0.25) is 4.68 Å². The normalized spacial score (nSPS) is 22.2. The number of rotatable bonds is 4. The molecule has 1 aliphatic heterocycles. The van der Waals surface area contributed by atoms with Crippen molar-refractivity contribution >= 4 is 12.6 Å². The average Bonchev–Trinajstić information content (AvgIpc) is 3.29. The fourth-order valence-electron chi connectivity index (χ4n) is 3.65. The molecule has 0 bridgehead atoms. The van der Waals surface area contributed by atoms with Gasteiger partial charge in [0.15, 0.2) is 0 Å². The van der Waals surface area contributed by atoms with Crippen molar-refractivity contribution in [1.82, 2.24) is 19.7 Å². The van der Waals surface area contributed by atoms with Gasteiger partial charge in [0.25, 0.3) is 0 Å².